The minimum atomic E-state index is -1.29. The maximum absolute atomic E-state index is 11.8. The van der Waals surface area contributed by atoms with Gasteiger partial charge in [-0.25, -0.2) is 4.79 Å². The fraction of sp³-hybridized carbons (Fsp3) is 0. The van der Waals surface area contributed by atoms with Crippen molar-refractivity contribution >= 4 is 45.1 Å². The summed E-state index contributed by atoms with van der Waals surface area (Å²) in [4.78, 5) is 22.4. The molecule has 98 valence electrons. The van der Waals surface area contributed by atoms with Crippen LogP contribution < -0.4 is 5.32 Å². The number of carbonyl (C=O) groups excluding carboxylic acids is 1. The van der Waals surface area contributed by atoms with Gasteiger partial charge in [0.05, 0.1) is 5.02 Å². The summed E-state index contributed by atoms with van der Waals surface area (Å²) < 4.78 is 5.18. The molecule has 0 atom stereocenters. The van der Waals surface area contributed by atoms with E-state index in [0.717, 1.165) is 6.07 Å². The van der Waals surface area contributed by atoms with Crippen LogP contribution in [-0.4, -0.2) is 22.1 Å². The highest BCUT2D eigenvalue weighted by molar-refractivity contribution is 9.10. The van der Waals surface area contributed by atoms with Gasteiger partial charge in [-0.05, 0) is 34.1 Å². The monoisotopic (exact) mass is 344 g/mol. The first-order valence-corrected chi connectivity index (χ1v) is 6.11. The first-order valence-electron chi connectivity index (χ1n) is 4.94. The smallest absolute Gasteiger partial charge is 0.374 e. The molecule has 0 radical (unpaired) electrons. The summed E-state index contributed by atoms with van der Waals surface area (Å²) in [5, 5.41) is 15.0. The van der Waals surface area contributed by atoms with Crippen molar-refractivity contribution in [2.24, 2.45) is 0 Å². The summed E-state index contributed by atoms with van der Waals surface area (Å²) in [6.07, 6.45) is 0. The van der Waals surface area contributed by atoms with E-state index in [1.807, 2.05) is 0 Å². The fourth-order valence-electron chi connectivity index (χ4n) is 1.25. The maximum Gasteiger partial charge on any atom is 0.374 e. The van der Waals surface area contributed by atoms with Gasteiger partial charge in [0, 0.05) is 16.2 Å². The minimum Gasteiger partial charge on any atom is -0.475 e. The molecule has 2 rings (SSSR count). The number of nitrogens with one attached hydrogen (secondary N) is 1. The van der Waals surface area contributed by atoms with Gasteiger partial charge in [-0.3, -0.25) is 4.79 Å². The molecule has 1 aromatic heterocycles. The third-order valence-corrected chi connectivity index (χ3v) is 3.36. The van der Waals surface area contributed by atoms with E-state index in [-0.39, 0.29) is 5.69 Å². The van der Waals surface area contributed by atoms with E-state index in [9.17, 15) is 9.59 Å². The molecule has 0 aliphatic heterocycles. The zero-order valence-electron chi connectivity index (χ0n) is 9.18. The number of carboxylic acid groups (broad SMARTS) is 1. The Kier molecular flexibility index (Phi) is 3.87. The van der Waals surface area contributed by atoms with E-state index < -0.39 is 17.6 Å². The Bertz CT molecular complexity index is 656. The van der Waals surface area contributed by atoms with Crippen molar-refractivity contribution in [1.82, 2.24) is 5.16 Å². The molecule has 0 bridgehead atoms. The Labute approximate surface area is 120 Å². The van der Waals surface area contributed by atoms with E-state index in [2.05, 4.69) is 30.9 Å². The topological polar surface area (TPSA) is 92.4 Å². The van der Waals surface area contributed by atoms with Crippen molar-refractivity contribution in [1.29, 1.82) is 0 Å². The van der Waals surface area contributed by atoms with Crippen molar-refractivity contribution in [2.45, 2.75) is 0 Å². The maximum atomic E-state index is 11.8. The Morgan fingerprint density at radius 2 is 2.11 bits per heavy atom. The van der Waals surface area contributed by atoms with Crippen molar-refractivity contribution < 1.29 is 19.2 Å². The minimum absolute atomic E-state index is 0.128. The molecule has 2 aromatic rings. The Hall–Kier alpha value is -1.86. The fourth-order valence-corrected chi connectivity index (χ4v) is 1.68. The van der Waals surface area contributed by atoms with Crippen LogP contribution in [-0.2, 0) is 0 Å². The highest BCUT2D eigenvalue weighted by Gasteiger charge is 2.16. The van der Waals surface area contributed by atoms with Crippen LogP contribution in [0.5, 0.6) is 0 Å². The van der Waals surface area contributed by atoms with Gasteiger partial charge in [-0.2, -0.15) is 0 Å². The van der Waals surface area contributed by atoms with Crippen LogP contribution in [0.4, 0.5) is 5.69 Å². The molecule has 0 aliphatic rings. The number of amides is 1. The molecular weight excluding hydrogens is 339 g/mol. The molecule has 6 nitrogen and oxygen atoms in total. The van der Waals surface area contributed by atoms with Gasteiger partial charge < -0.3 is 14.9 Å². The molecule has 0 spiro atoms. The van der Waals surface area contributed by atoms with Gasteiger partial charge in [-0.1, -0.05) is 16.8 Å². The number of nitrogens with zero attached hydrogens (tertiary/aromatic N) is 1. The Morgan fingerprint density at radius 1 is 1.37 bits per heavy atom. The summed E-state index contributed by atoms with van der Waals surface area (Å²) in [6.45, 7) is 0. The Morgan fingerprint density at radius 3 is 2.68 bits per heavy atom. The lowest BCUT2D eigenvalue weighted by Gasteiger charge is -2.03. The van der Waals surface area contributed by atoms with E-state index in [4.69, 9.17) is 16.7 Å². The predicted octanol–water partition coefficient (Wildman–Crippen LogP) is 3.04. The van der Waals surface area contributed by atoms with Crippen molar-refractivity contribution in [3.63, 3.8) is 0 Å². The lowest BCUT2D eigenvalue weighted by atomic mass is 10.3. The van der Waals surface area contributed by atoms with Gasteiger partial charge in [0.2, 0.25) is 5.76 Å². The van der Waals surface area contributed by atoms with E-state index in [0.29, 0.717) is 15.2 Å². The molecule has 1 heterocycles. The predicted molar refractivity (Wildman–Crippen MR) is 70.6 cm³/mol. The molecule has 0 fully saturated rings. The number of halogens is 2. The average molecular weight is 346 g/mol. The molecule has 1 aromatic carbocycles. The summed E-state index contributed by atoms with van der Waals surface area (Å²) in [6, 6.07) is 5.88. The van der Waals surface area contributed by atoms with Crippen LogP contribution in [0.25, 0.3) is 0 Å². The summed E-state index contributed by atoms with van der Waals surface area (Å²) in [7, 11) is 0. The molecule has 2 N–H and O–H groups in total. The molecule has 0 aliphatic carbocycles. The number of hydrogen-bond acceptors (Lipinski definition) is 4. The highest BCUT2D eigenvalue weighted by Crippen LogP contribution is 2.25. The highest BCUT2D eigenvalue weighted by atomic mass is 79.9. The second kappa shape index (κ2) is 5.41. The SMILES string of the molecule is O=C(Nc1ccc(Br)c(Cl)c1)c1cc(C(=O)O)on1. The lowest BCUT2D eigenvalue weighted by Crippen LogP contribution is -2.12. The van der Waals surface area contributed by atoms with E-state index in [1.165, 1.54) is 0 Å². The average Bonchev–Trinajstić information content (AvgIpc) is 2.83. The molecular formula is C11H6BrClN2O4. The second-order valence-electron chi connectivity index (χ2n) is 3.46. The van der Waals surface area contributed by atoms with Crippen molar-refractivity contribution in [2.75, 3.05) is 5.32 Å². The van der Waals surface area contributed by atoms with Crippen LogP contribution in [0.1, 0.15) is 21.0 Å². The largest absolute Gasteiger partial charge is 0.475 e. The van der Waals surface area contributed by atoms with Crippen LogP contribution in [0.15, 0.2) is 33.3 Å². The van der Waals surface area contributed by atoms with Crippen LogP contribution in [0.3, 0.4) is 0 Å². The lowest BCUT2D eigenvalue weighted by molar-refractivity contribution is 0.0651. The number of carbonyl (C=O) groups is 2. The van der Waals surface area contributed by atoms with E-state index >= 15 is 0 Å². The number of aromatic carboxylic acids is 1. The first kappa shape index (κ1) is 13.6. The van der Waals surface area contributed by atoms with Crippen LogP contribution >= 0.6 is 27.5 Å². The van der Waals surface area contributed by atoms with Gasteiger partial charge in [-0.15, -0.1) is 0 Å². The summed E-state index contributed by atoms with van der Waals surface area (Å²) in [5.41, 5.74) is 0.328. The number of rotatable bonds is 3. The normalized spacial score (nSPS) is 10.2. The van der Waals surface area contributed by atoms with Gasteiger partial charge in [0.1, 0.15) is 0 Å². The quantitative estimate of drug-likeness (QED) is 0.892. The van der Waals surface area contributed by atoms with E-state index in [1.54, 1.807) is 18.2 Å². The number of hydrogen-bond donors (Lipinski definition) is 2. The third-order valence-electron chi connectivity index (χ3n) is 2.13. The summed E-state index contributed by atoms with van der Waals surface area (Å²) in [5.74, 6) is -2.29. The second-order valence-corrected chi connectivity index (χ2v) is 4.73. The molecule has 0 saturated heterocycles. The first-order chi connectivity index (χ1) is 8.97. The van der Waals surface area contributed by atoms with Crippen molar-refractivity contribution in [3.05, 3.63) is 45.2 Å². The van der Waals surface area contributed by atoms with Gasteiger partial charge >= 0.3 is 5.97 Å². The van der Waals surface area contributed by atoms with Gasteiger partial charge in [0.25, 0.3) is 5.91 Å². The van der Waals surface area contributed by atoms with Crippen LogP contribution in [0.2, 0.25) is 5.02 Å². The number of aromatic nitrogens is 1. The number of carboxylic acids is 1. The molecule has 0 unspecified atom stereocenters. The van der Waals surface area contributed by atoms with Crippen molar-refractivity contribution in [3.8, 4) is 0 Å². The zero-order chi connectivity index (χ0) is 14.0. The molecule has 8 heteroatoms. The Balaban J connectivity index is 2.15. The standard InChI is InChI=1S/C11H6BrClN2O4/c12-6-2-1-5(3-7(6)13)14-10(16)8-4-9(11(17)18)19-15-8/h1-4H,(H,14,16)(H,17,18). The van der Waals surface area contributed by atoms with Crippen LogP contribution in [0, 0.1) is 0 Å². The third kappa shape index (κ3) is 3.12. The molecule has 1 amide bonds. The van der Waals surface area contributed by atoms with Gasteiger partial charge in [0.15, 0.2) is 5.69 Å². The molecule has 19 heavy (non-hydrogen) atoms. The number of benzene rings is 1. The molecule has 0 saturated carbocycles. The zero-order valence-corrected chi connectivity index (χ0v) is 11.5. The number of anilines is 1. The summed E-state index contributed by atoms with van der Waals surface area (Å²) >= 11 is 9.10.